The van der Waals surface area contributed by atoms with Crippen LogP contribution in [0.5, 0.6) is 0 Å². The zero-order valence-electron chi connectivity index (χ0n) is 19.2. The van der Waals surface area contributed by atoms with Crippen molar-refractivity contribution < 1.29 is 18.6 Å². The smallest absolute Gasteiger partial charge is 0.246 e. The lowest BCUT2D eigenvalue weighted by Gasteiger charge is -2.32. The van der Waals surface area contributed by atoms with Crippen LogP contribution in [-0.2, 0) is 9.59 Å². The summed E-state index contributed by atoms with van der Waals surface area (Å²) in [7, 11) is 9.02. The van der Waals surface area contributed by atoms with Gasteiger partial charge in [0, 0.05) is 49.9 Å². The first kappa shape index (κ1) is 26.3. The topological polar surface area (TPSA) is 58.2 Å². The molecule has 0 aromatic carbocycles. The van der Waals surface area contributed by atoms with Gasteiger partial charge in [-0.25, -0.2) is 0 Å². The second kappa shape index (κ2) is 12.7. The van der Waals surface area contributed by atoms with Crippen LogP contribution >= 0.6 is 0 Å². The van der Waals surface area contributed by atoms with Gasteiger partial charge in [-0.15, -0.1) is 0 Å². The predicted octanol–water partition coefficient (Wildman–Crippen LogP) is 2.08. The van der Waals surface area contributed by atoms with E-state index in [4.69, 9.17) is 0 Å². The third-order valence-corrected chi connectivity index (χ3v) is 5.00. The molecule has 0 radical (unpaired) electrons. The summed E-state index contributed by atoms with van der Waals surface area (Å²) in [6.07, 6.45) is 4.34. The van der Waals surface area contributed by atoms with Crippen molar-refractivity contribution >= 4 is 11.8 Å². The van der Waals surface area contributed by atoms with E-state index >= 15 is 0 Å². The molecular formula is C22H44N4O2+2. The van der Waals surface area contributed by atoms with E-state index in [1.54, 1.807) is 13.8 Å². The van der Waals surface area contributed by atoms with Gasteiger partial charge in [0.2, 0.25) is 11.8 Å². The van der Waals surface area contributed by atoms with E-state index in [1.807, 2.05) is 0 Å². The van der Waals surface area contributed by atoms with E-state index < -0.39 is 0 Å². The molecule has 0 fully saturated rings. The molecule has 2 N–H and O–H groups in total. The number of hydrogen-bond donors (Lipinski definition) is 2. The fraction of sp³-hybridized carbons (Fsp3) is 0.727. The van der Waals surface area contributed by atoms with Gasteiger partial charge in [0.1, 0.15) is 0 Å². The first-order valence-corrected chi connectivity index (χ1v) is 10.4. The van der Waals surface area contributed by atoms with Crippen molar-refractivity contribution in [1.82, 2.24) is 10.6 Å². The van der Waals surface area contributed by atoms with Crippen molar-refractivity contribution in [2.24, 2.45) is 0 Å². The molecule has 0 aliphatic heterocycles. The SMILES string of the molecule is C=C(C)C(=O)NCCC[N+](C)(C)CCCC[N+](C)(C)CCCNC(=O)C(=C)C. The minimum atomic E-state index is -0.0514. The van der Waals surface area contributed by atoms with E-state index in [0.29, 0.717) is 24.2 Å². The minimum Gasteiger partial charge on any atom is -0.352 e. The minimum absolute atomic E-state index is 0.0514. The summed E-state index contributed by atoms with van der Waals surface area (Å²) < 4.78 is 1.95. The summed E-state index contributed by atoms with van der Waals surface area (Å²) >= 11 is 0. The molecule has 28 heavy (non-hydrogen) atoms. The molecule has 0 aromatic heterocycles. The fourth-order valence-electron chi connectivity index (χ4n) is 3.02. The second-order valence-corrected chi connectivity index (χ2v) is 9.25. The molecule has 0 saturated carbocycles. The highest BCUT2D eigenvalue weighted by atomic mass is 16.2. The summed E-state index contributed by atoms with van der Waals surface area (Å²) in [6, 6.07) is 0. The van der Waals surface area contributed by atoms with Gasteiger partial charge >= 0.3 is 0 Å². The normalized spacial score (nSPS) is 11.8. The van der Waals surface area contributed by atoms with Gasteiger partial charge in [0.25, 0.3) is 0 Å². The van der Waals surface area contributed by atoms with E-state index in [0.717, 1.165) is 48.0 Å². The lowest BCUT2D eigenvalue weighted by molar-refractivity contribution is -0.896. The number of nitrogens with zero attached hydrogens (tertiary/aromatic N) is 2. The van der Waals surface area contributed by atoms with Gasteiger partial charge in [-0.1, -0.05) is 13.2 Å². The molecule has 0 aromatic rings. The monoisotopic (exact) mass is 396 g/mol. The van der Waals surface area contributed by atoms with Crippen molar-refractivity contribution in [3.63, 3.8) is 0 Å². The van der Waals surface area contributed by atoms with Gasteiger partial charge in [0.05, 0.1) is 54.4 Å². The first-order chi connectivity index (χ1) is 12.9. The summed E-state index contributed by atoms with van der Waals surface area (Å²) in [5.74, 6) is -0.103. The molecular weight excluding hydrogens is 352 g/mol. The number of amides is 2. The average molecular weight is 397 g/mol. The molecule has 6 heteroatoms. The van der Waals surface area contributed by atoms with Crippen LogP contribution in [0.1, 0.15) is 39.5 Å². The predicted molar refractivity (Wildman–Crippen MR) is 118 cm³/mol. The number of quaternary nitrogens is 2. The van der Waals surface area contributed by atoms with Crippen LogP contribution in [0.3, 0.4) is 0 Å². The van der Waals surface area contributed by atoms with Crippen LogP contribution in [0.2, 0.25) is 0 Å². The van der Waals surface area contributed by atoms with Gasteiger partial charge in [-0.05, 0) is 13.8 Å². The van der Waals surface area contributed by atoms with Gasteiger partial charge < -0.3 is 19.6 Å². The molecule has 0 aliphatic carbocycles. The number of unbranched alkanes of at least 4 members (excludes halogenated alkanes) is 1. The third-order valence-electron chi connectivity index (χ3n) is 5.00. The van der Waals surface area contributed by atoms with Crippen LogP contribution in [0, 0.1) is 0 Å². The van der Waals surface area contributed by atoms with Gasteiger partial charge in [-0.2, -0.15) is 0 Å². The van der Waals surface area contributed by atoms with E-state index in [9.17, 15) is 9.59 Å². The van der Waals surface area contributed by atoms with Crippen LogP contribution in [-0.4, -0.2) is 88.2 Å². The number of rotatable bonds is 15. The van der Waals surface area contributed by atoms with Crippen molar-refractivity contribution in [3.8, 4) is 0 Å². The summed E-state index contributed by atoms with van der Waals surface area (Å²) in [5, 5.41) is 5.79. The molecule has 0 aliphatic rings. The number of carbonyl (C=O) groups excluding carboxylic acids is 2. The molecule has 0 saturated heterocycles. The van der Waals surface area contributed by atoms with Gasteiger partial charge in [-0.3, -0.25) is 9.59 Å². The maximum absolute atomic E-state index is 11.5. The Kier molecular flexibility index (Phi) is 12.0. The largest absolute Gasteiger partial charge is 0.352 e. The lowest BCUT2D eigenvalue weighted by atomic mass is 10.2. The molecule has 2 amide bonds. The summed E-state index contributed by atoms with van der Waals surface area (Å²) in [6.45, 7) is 16.6. The quantitative estimate of drug-likeness (QED) is 0.253. The van der Waals surface area contributed by atoms with Gasteiger partial charge in [0.15, 0.2) is 0 Å². The maximum atomic E-state index is 11.5. The number of hydrogen-bond acceptors (Lipinski definition) is 2. The Bertz CT molecular complexity index is 491. The molecule has 162 valence electrons. The highest BCUT2D eigenvalue weighted by molar-refractivity contribution is 5.92. The Balaban J connectivity index is 3.91. The average Bonchev–Trinajstić information content (AvgIpc) is 2.59. The zero-order valence-corrected chi connectivity index (χ0v) is 19.2. The van der Waals surface area contributed by atoms with Crippen LogP contribution in [0.25, 0.3) is 0 Å². The molecule has 0 rings (SSSR count). The van der Waals surface area contributed by atoms with Crippen LogP contribution in [0.4, 0.5) is 0 Å². The van der Waals surface area contributed by atoms with Crippen LogP contribution in [0.15, 0.2) is 24.3 Å². The van der Waals surface area contributed by atoms with Crippen molar-refractivity contribution in [3.05, 3.63) is 24.3 Å². The number of carbonyl (C=O) groups is 2. The van der Waals surface area contributed by atoms with E-state index in [-0.39, 0.29) is 11.8 Å². The highest BCUT2D eigenvalue weighted by Gasteiger charge is 2.18. The van der Waals surface area contributed by atoms with E-state index in [1.165, 1.54) is 12.8 Å². The molecule has 6 nitrogen and oxygen atoms in total. The second-order valence-electron chi connectivity index (χ2n) is 9.25. The van der Waals surface area contributed by atoms with E-state index in [2.05, 4.69) is 52.0 Å². The van der Waals surface area contributed by atoms with Crippen molar-refractivity contribution in [2.45, 2.75) is 39.5 Å². The zero-order chi connectivity index (χ0) is 21.8. The van der Waals surface area contributed by atoms with Crippen molar-refractivity contribution in [1.29, 1.82) is 0 Å². The Hall–Kier alpha value is -1.66. The molecule has 0 spiro atoms. The third kappa shape index (κ3) is 13.5. The van der Waals surface area contributed by atoms with Crippen LogP contribution < -0.4 is 10.6 Å². The molecule has 0 bridgehead atoms. The Morgan fingerprint density at radius 1 is 0.643 bits per heavy atom. The Morgan fingerprint density at radius 2 is 0.929 bits per heavy atom. The first-order valence-electron chi connectivity index (χ1n) is 10.4. The lowest BCUT2D eigenvalue weighted by Crippen LogP contribution is -2.44. The number of nitrogens with one attached hydrogen (secondary N) is 2. The maximum Gasteiger partial charge on any atom is 0.246 e. The van der Waals surface area contributed by atoms with Crippen molar-refractivity contribution in [2.75, 3.05) is 67.5 Å². The molecule has 0 unspecified atom stereocenters. The summed E-state index contributed by atoms with van der Waals surface area (Å²) in [4.78, 5) is 23.0. The standard InChI is InChI=1S/C22H42N4O2/c1-19(2)21(27)23-13-11-17-25(5,6)15-9-10-16-26(7,8)18-12-14-24-22(28)20(3)4/h1,3,9-18H2,2,4-8H3/p+2. The summed E-state index contributed by atoms with van der Waals surface area (Å²) in [5.41, 5.74) is 1.13. The molecule has 0 atom stereocenters. The molecule has 0 heterocycles. The Labute approximate surface area is 172 Å². The fourth-order valence-corrected chi connectivity index (χ4v) is 3.02. The Morgan fingerprint density at radius 3 is 1.21 bits per heavy atom. The highest BCUT2D eigenvalue weighted by Crippen LogP contribution is 2.07.